The molecule has 3 rings (SSSR count). The van der Waals surface area contributed by atoms with Crippen LogP contribution < -0.4 is 10.2 Å². The van der Waals surface area contributed by atoms with Crippen LogP contribution in [0.15, 0.2) is 12.1 Å². The first-order valence-corrected chi connectivity index (χ1v) is 10.8. The fraction of sp³-hybridized carbons (Fsp3) is 0.579. The zero-order valence-corrected chi connectivity index (χ0v) is 19.0. The summed E-state index contributed by atoms with van der Waals surface area (Å²) in [7, 11) is 1.68. The monoisotopic (exact) mass is 477 g/mol. The molecule has 2 aromatic heterocycles. The second kappa shape index (κ2) is 8.42. The largest absolute Gasteiger partial charge is 0.393 e. The van der Waals surface area contributed by atoms with Crippen LogP contribution in [-0.2, 0) is 11.3 Å². The van der Waals surface area contributed by atoms with Gasteiger partial charge in [0.2, 0.25) is 11.9 Å². The molecule has 0 aliphatic carbocycles. The molecule has 1 aliphatic rings. The number of rotatable bonds is 4. The van der Waals surface area contributed by atoms with Gasteiger partial charge in [0.1, 0.15) is 0 Å². The summed E-state index contributed by atoms with van der Waals surface area (Å²) >= 11 is 7.33. The average Bonchev–Trinajstić information content (AvgIpc) is 3.26. The van der Waals surface area contributed by atoms with Crippen molar-refractivity contribution >= 4 is 40.7 Å². The van der Waals surface area contributed by atoms with E-state index in [1.165, 1.54) is 11.3 Å². The fourth-order valence-corrected chi connectivity index (χ4v) is 4.46. The number of nitrogens with one attached hydrogen (secondary N) is 1. The summed E-state index contributed by atoms with van der Waals surface area (Å²) in [6, 6.07) is 3.57. The van der Waals surface area contributed by atoms with Gasteiger partial charge in [-0.25, -0.2) is 0 Å². The minimum atomic E-state index is -4.60. The molecule has 31 heavy (non-hydrogen) atoms. The number of aromatic nitrogens is 3. The Kier molecular flexibility index (Phi) is 6.39. The standard InChI is InChI=1S/C19H23ClF3N5O2S/c1-18(2,3)16(30)28-17(27(4)9-10-5-6-13(20)31-10)25-15(26-28)11-8-24-14(29)7-12(11)19(21,22)23/h5-6,11-12H,7-9H2,1-4H3,(H,24,29). The fourth-order valence-electron chi connectivity index (χ4n) is 3.31. The first-order valence-electron chi connectivity index (χ1n) is 9.58. The summed E-state index contributed by atoms with van der Waals surface area (Å²) < 4.78 is 42.5. The maximum Gasteiger partial charge on any atom is 0.393 e. The van der Waals surface area contributed by atoms with Gasteiger partial charge >= 0.3 is 6.18 Å². The van der Waals surface area contributed by atoms with Gasteiger partial charge in [-0.15, -0.1) is 16.4 Å². The number of alkyl halides is 3. The third-order valence-corrected chi connectivity index (χ3v) is 6.18. The predicted molar refractivity (Wildman–Crippen MR) is 111 cm³/mol. The molecule has 12 heteroatoms. The number of carbonyl (C=O) groups is 2. The molecule has 7 nitrogen and oxygen atoms in total. The SMILES string of the molecule is CN(Cc1ccc(Cl)s1)c1nc(C2CNC(=O)CC2C(F)(F)F)nn1C(=O)C(C)(C)C. The summed E-state index contributed by atoms with van der Waals surface area (Å²) in [6.07, 6.45) is -5.30. The smallest absolute Gasteiger partial charge is 0.355 e. The lowest BCUT2D eigenvalue weighted by atomic mass is 9.85. The van der Waals surface area contributed by atoms with Gasteiger partial charge in [0, 0.05) is 30.3 Å². The van der Waals surface area contributed by atoms with Gasteiger partial charge in [0.15, 0.2) is 5.82 Å². The van der Waals surface area contributed by atoms with Crippen LogP contribution in [0.4, 0.5) is 19.1 Å². The highest BCUT2D eigenvalue weighted by Crippen LogP contribution is 2.41. The van der Waals surface area contributed by atoms with Crippen molar-refractivity contribution in [2.24, 2.45) is 11.3 Å². The van der Waals surface area contributed by atoms with Crippen molar-refractivity contribution in [2.75, 3.05) is 18.5 Å². The number of hydrogen-bond donors (Lipinski definition) is 1. The highest BCUT2D eigenvalue weighted by Gasteiger charge is 2.50. The van der Waals surface area contributed by atoms with Gasteiger partial charge in [-0.2, -0.15) is 22.8 Å². The van der Waals surface area contributed by atoms with Gasteiger partial charge in [-0.05, 0) is 12.1 Å². The molecule has 0 saturated carbocycles. The Bertz CT molecular complexity index is 982. The molecule has 1 saturated heterocycles. The van der Waals surface area contributed by atoms with Crippen LogP contribution in [0.1, 0.15) is 48.6 Å². The van der Waals surface area contributed by atoms with Gasteiger partial charge in [-0.1, -0.05) is 32.4 Å². The highest BCUT2D eigenvalue weighted by atomic mass is 35.5. The summed E-state index contributed by atoms with van der Waals surface area (Å²) in [6.45, 7) is 5.17. The molecule has 1 aliphatic heterocycles. The van der Waals surface area contributed by atoms with Gasteiger partial charge < -0.3 is 10.2 Å². The lowest BCUT2D eigenvalue weighted by Crippen LogP contribution is -2.45. The second-order valence-corrected chi connectivity index (χ2v) is 10.4. The maximum absolute atomic E-state index is 13.6. The van der Waals surface area contributed by atoms with Crippen LogP contribution in [0.25, 0.3) is 0 Å². The van der Waals surface area contributed by atoms with Crippen molar-refractivity contribution in [3.8, 4) is 0 Å². The molecule has 1 N–H and O–H groups in total. The van der Waals surface area contributed by atoms with Crippen LogP contribution in [0, 0.1) is 11.3 Å². The molecule has 170 valence electrons. The van der Waals surface area contributed by atoms with Crippen molar-refractivity contribution in [3.63, 3.8) is 0 Å². The number of thiophene rings is 1. The Balaban J connectivity index is 2.02. The Morgan fingerprint density at radius 3 is 2.58 bits per heavy atom. The molecular formula is C19H23ClF3N5O2S. The highest BCUT2D eigenvalue weighted by molar-refractivity contribution is 7.16. The zero-order chi connectivity index (χ0) is 23.1. The summed E-state index contributed by atoms with van der Waals surface area (Å²) in [5.41, 5.74) is -0.836. The maximum atomic E-state index is 13.6. The number of nitrogens with zero attached hydrogens (tertiary/aromatic N) is 4. The molecule has 1 amide bonds. The third kappa shape index (κ3) is 5.20. The molecule has 0 radical (unpaired) electrons. The Hall–Kier alpha value is -2.14. The lowest BCUT2D eigenvalue weighted by Gasteiger charge is -2.31. The number of halogens is 4. The van der Waals surface area contributed by atoms with Crippen molar-refractivity contribution in [3.05, 3.63) is 27.2 Å². The van der Waals surface area contributed by atoms with Crippen LogP contribution in [0.5, 0.6) is 0 Å². The molecule has 3 heterocycles. The minimum absolute atomic E-state index is 0.119. The Morgan fingerprint density at radius 2 is 2.03 bits per heavy atom. The van der Waals surface area contributed by atoms with Crippen LogP contribution in [0.3, 0.4) is 0 Å². The van der Waals surface area contributed by atoms with Crippen molar-refractivity contribution in [2.45, 2.75) is 45.8 Å². The molecular weight excluding hydrogens is 455 g/mol. The van der Waals surface area contributed by atoms with E-state index in [-0.39, 0.29) is 18.3 Å². The number of anilines is 1. The number of hydrogen-bond acceptors (Lipinski definition) is 6. The van der Waals surface area contributed by atoms with E-state index < -0.39 is 41.7 Å². The molecule has 2 unspecified atom stereocenters. The zero-order valence-electron chi connectivity index (χ0n) is 17.5. The molecule has 2 atom stereocenters. The second-order valence-electron chi connectivity index (χ2n) is 8.56. The summed E-state index contributed by atoms with van der Waals surface area (Å²) in [5.74, 6) is -4.16. The summed E-state index contributed by atoms with van der Waals surface area (Å²) in [5, 5.41) is 6.65. The molecule has 1 fully saturated rings. The van der Waals surface area contributed by atoms with Crippen LogP contribution >= 0.6 is 22.9 Å². The number of amides is 1. The van der Waals surface area contributed by atoms with E-state index in [0.717, 1.165) is 9.56 Å². The Morgan fingerprint density at radius 1 is 1.35 bits per heavy atom. The van der Waals surface area contributed by atoms with E-state index in [4.69, 9.17) is 11.6 Å². The van der Waals surface area contributed by atoms with E-state index in [2.05, 4.69) is 15.4 Å². The van der Waals surface area contributed by atoms with Crippen molar-refractivity contribution in [1.29, 1.82) is 0 Å². The van der Waals surface area contributed by atoms with Crippen LogP contribution in [0.2, 0.25) is 4.34 Å². The third-order valence-electron chi connectivity index (χ3n) is 4.97. The average molecular weight is 478 g/mol. The van der Waals surface area contributed by atoms with Gasteiger partial charge in [-0.3, -0.25) is 9.59 Å². The first kappa shape index (κ1) is 23.5. The van der Waals surface area contributed by atoms with Gasteiger partial charge in [0.05, 0.1) is 22.7 Å². The number of piperidine rings is 1. The van der Waals surface area contributed by atoms with E-state index in [1.54, 1.807) is 38.8 Å². The van der Waals surface area contributed by atoms with E-state index in [9.17, 15) is 22.8 Å². The van der Waals surface area contributed by atoms with E-state index in [1.807, 2.05) is 6.07 Å². The number of carbonyl (C=O) groups excluding carboxylic acids is 2. The predicted octanol–water partition coefficient (Wildman–Crippen LogP) is 4.10. The van der Waals surface area contributed by atoms with E-state index >= 15 is 0 Å². The minimum Gasteiger partial charge on any atom is -0.355 e. The van der Waals surface area contributed by atoms with Gasteiger partial charge in [0.25, 0.3) is 5.91 Å². The molecule has 0 aromatic carbocycles. The topological polar surface area (TPSA) is 80.1 Å². The molecule has 2 aromatic rings. The normalized spacial score (nSPS) is 19.9. The summed E-state index contributed by atoms with van der Waals surface area (Å²) in [4.78, 5) is 31.5. The van der Waals surface area contributed by atoms with E-state index in [0.29, 0.717) is 10.9 Å². The van der Waals surface area contributed by atoms with Crippen molar-refractivity contribution < 1.29 is 22.8 Å². The Labute approximate surface area is 186 Å². The quantitative estimate of drug-likeness (QED) is 0.717. The lowest BCUT2D eigenvalue weighted by molar-refractivity contribution is -0.189. The van der Waals surface area contributed by atoms with Crippen molar-refractivity contribution in [1.82, 2.24) is 20.1 Å². The van der Waals surface area contributed by atoms with Crippen LogP contribution in [-0.4, -0.2) is 46.3 Å². The molecule has 0 spiro atoms. The first-order chi connectivity index (χ1) is 14.3. The molecule has 0 bridgehead atoms.